The molecule has 0 aliphatic heterocycles. The summed E-state index contributed by atoms with van der Waals surface area (Å²) < 4.78 is 8.57. The summed E-state index contributed by atoms with van der Waals surface area (Å²) in [5.41, 5.74) is 2.39. The maximum atomic E-state index is 11.5. The Morgan fingerprint density at radius 3 is 2.50 bits per heavy atom. The molecule has 0 radical (unpaired) electrons. The van der Waals surface area contributed by atoms with Crippen LogP contribution in [0.1, 0.15) is 84.0 Å². The molecule has 0 bridgehead atoms. The summed E-state index contributed by atoms with van der Waals surface area (Å²) in [6.45, 7) is 4.28. The second kappa shape index (κ2) is 15.1. The number of nitrogens with one attached hydrogen (secondary N) is 2. The second-order valence-electron chi connectivity index (χ2n) is 9.29. The van der Waals surface area contributed by atoms with E-state index in [0.717, 1.165) is 49.1 Å². The number of carbonyl (C=O) groups is 1. The van der Waals surface area contributed by atoms with Gasteiger partial charge >= 0.3 is 6.09 Å². The van der Waals surface area contributed by atoms with E-state index in [2.05, 4.69) is 62.3 Å². The molecule has 0 spiro atoms. The number of rotatable bonds is 15. The van der Waals surface area contributed by atoms with Crippen molar-refractivity contribution in [1.29, 1.82) is 0 Å². The van der Waals surface area contributed by atoms with Crippen LogP contribution in [0, 0.1) is 0 Å². The van der Waals surface area contributed by atoms with Gasteiger partial charge < -0.3 is 19.9 Å². The van der Waals surface area contributed by atoms with Gasteiger partial charge in [0.1, 0.15) is 0 Å². The predicted octanol–water partition coefficient (Wildman–Crippen LogP) is 7.53. The summed E-state index contributed by atoms with van der Waals surface area (Å²) in [5.74, 6) is 1.02. The summed E-state index contributed by atoms with van der Waals surface area (Å²) in [6.07, 6.45) is 15.7. The Morgan fingerprint density at radius 1 is 1.06 bits per heavy atom. The Balaban J connectivity index is 1.39. The van der Waals surface area contributed by atoms with E-state index in [4.69, 9.17) is 9.72 Å². The number of imidazole rings is 1. The van der Waals surface area contributed by atoms with Gasteiger partial charge in [0, 0.05) is 23.6 Å². The zero-order valence-corrected chi connectivity index (χ0v) is 22.2. The van der Waals surface area contributed by atoms with Gasteiger partial charge in [-0.25, -0.2) is 9.78 Å². The van der Waals surface area contributed by atoms with Crippen LogP contribution in [0.15, 0.2) is 34.9 Å². The molecule has 2 aromatic rings. The monoisotopic (exact) mass is 532 g/mol. The van der Waals surface area contributed by atoms with Crippen molar-refractivity contribution in [2.45, 2.75) is 96.6 Å². The first-order valence-electron chi connectivity index (χ1n) is 13.2. The van der Waals surface area contributed by atoms with Crippen LogP contribution in [0.25, 0.3) is 11.3 Å². The van der Waals surface area contributed by atoms with Crippen LogP contribution in [0.4, 0.5) is 10.7 Å². The Labute approximate surface area is 213 Å². The molecule has 1 amide bonds. The van der Waals surface area contributed by atoms with Crippen molar-refractivity contribution in [2.75, 3.05) is 18.5 Å². The van der Waals surface area contributed by atoms with Crippen molar-refractivity contribution < 1.29 is 9.53 Å². The number of nitrogens with zero attached hydrogens (tertiary/aromatic N) is 2. The molecule has 0 unspecified atom stereocenters. The molecule has 1 fully saturated rings. The summed E-state index contributed by atoms with van der Waals surface area (Å²) in [4.78, 5) is 16.3. The number of carbonyl (C=O) groups excluding carboxylic acids is 1. The quantitative estimate of drug-likeness (QED) is 0.232. The molecule has 0 atom stereocenters. The molecule has 0 saturated heterocycles. The van der Waals surface area contributed by atoms with Crippen molar-refractivity contribution in [3.05, 3.63) is 34.9 Å². The Morgan fingerprint density at radius 2 is 1.76 bits per heavy atom. The maximum Gasteiger partial charge on any atom is 0.407 e. The minimum Gasteiger partial charge on any atom is -0.450 e. The lowest BCUT2D eigenvalue weighted by Crippen LogP contribution is -2.25. The van der Waals surface area contributed by atoms with Gasteiger partial charge in [-0.15, -0.1) is 0 Å². The second-order valence-corrected chi connectivity index (χ2v) is 10.2. The molecular weight excluding hydrogens is 492 g/mol. The van der Waals surface area contributed by atoms with E-state index >= 15 is 0 Å². The largest absolute Gasteiger partial charge is 0.450 e. The molecule has 1 aliphatic rings. The highest BCUT2D eigenvalue weighted by Crippen LogP contribution is 2.28. The third-order valence-electron chi connectivity index (χ3n) is 6.49. The van der Waals surface area contributed by atoms with E-state index in [1.54, 1.807) is 0 Å². The molecule has 6 nitrogen and oxygen atoms in total. The van der Waals surface area contributed by atoms with Gasteiger partial charge in [0.25, 0.3) is 0 Å². The highest BCUT2D eigenvalue weighted by atomic mass is 79.9. The highest BCUT2D eigenvalue weighted by Gasteiger charge is 2.18. The molecule has 1 heterocycles. The number of anilines is 1. The first-order valence-corrected chi connectivity index (χ1v) is 14.0. The number of ether oxygens (including phenoxy) is 1. The number of aromatic nitrogens is 2. The smallest absolute Gasteiger partial charge is 0.407 e. The minimum atomic E-state index is -0.280. The standard InChI is InChI=1S/C27H41BrN4O2/c1-2-3-20-34-27(33)29-18-10-6-4-5-7-11-19-32-25(22-14-16-23(28)17-15-22)21-30-26(32)31-24-12-8-9-13-24/h14-17,21,24H,2-13,18-20H2,1H3,(H,29,33)(H,30,31). The van der Waals surface area contributed by atoms with E-state index in [1.165, 1.54) is 56.2 Å². The number of amides is 1. The average Bonchev–Trinajstić information content (AvgIpc) is 3.49. The van der Waals surface area contributed by atoms with Gasteiger partial charge in [-0.05, 0) is 49.8 Å². The number of hydrogen-bond acceptors (Lipinski definition) is 4. The van der Waals surface area contributed by atoms with Crippen molar-refractivity contribution in [3.8, 4) is 11.3 Å². The lowest BCUT2D eigenvalue weighted by atomic mass is 10.1. The Kier molecular flexibility index (Phi) is 11.8. The van der Waals surface area contributed by atoms with Crippen LogP contribution in [0.2, 0.25) is 0 Å². The van der Waals surface area contributed by atoms with Crippen LogP contribution in [-0.2, 0) is 11.3 Å². The average molecular weight is 534 g/mol. The summed E-state index contributed by atoms with van der Waals surface area (Å²) in [6, 6.07) is 9.05. The Hall–Kier alpha value is -2.02. The molecule has 34 heavy (non-hydrogen) atoms. The molecular formula is C27H41BrN4O2. The number of unbranched alkanes of at least 4 members (excludes halogenated alkanes) is 6. The van der Waals surface area contributed by atoms with Crippen LogP contribution in [0.3, 0.4) is 0 Å². The van der Waals surface area contributed by atoms with Crippen LogP contribution in [-0.4, -0.2) is 34.8 Å². The first kappa shape index (κ1) is 26.6. The fourth-order valence-electron chi connectivity index (χ4n) is 4.47. The minimum absolute atomic E-state index is 0.280. The summed E-state index contributed by atoms with van der Waals surface area (Å²) >= 11 is 3.54. The summed E-state index contributed by atoms with van der Waals surface area (Å²) in [5, 5.41) is 6.55. The van der Waals surface area contributed by atoms with E-state index in [-0.39, 0.29) is 6.09 Å². The zero-order chi connectivity index (χ0) is 24.0. The number of hydrogen-bond donors (Lipinski definition) is 2. The number of alkyl carbamates (subject to hydrolysis) is 1. The number of halogens is 1. The van der Waals surface area contributed by atoms with Crippen molar-refractivity contribution in [3.63, 3.8) is 0 Å². The normalized spacial score (nSPS) is 13.8. The van der Waals surface area contributed by atoms with Gasteiger partial charge in [-0.3, -0.25) is 0 Å². The lowest BCUT2D eigenvalue weighted by Gasteiger charge is -2.17. The van der Waals surface area contributed by atoms with Crippen LogP contribution < -0.4 is 10.6 Å². The highest BCUT2D eigenvalue weighted by molar-refractivity contribution is 9.10. The third kappa shape index (κ3) is 8.97. The lowest BCUT2D eigenvalue weighted by molar-refractivity contribution is 0.144. The van der Waals surface area contributed by atoms with E-state index in [0.29, 0.717) is 19.2 Å². The SMILES string of the molecule is CCCCOC(=O)NCCCCCCCCn1c(-c2ccc(Br)cc2)cnc1NC1CCCC1. The topological polar surface area (TPSA) is 68.2 Å². The summed E-state index contributed by atoms with van der Waals surface area (Å²) in [7, 11) is 0. The molecule has 1 saturated carbocycles. The van der Waals surface area contributed by atoms with Gasteiger partial charge in [0.05, 0.1) is 18.5 Å². The first-order chi connectivity index (χ1) is 16.7. The fourth-order valence-corrected chi connectivity index (χ4v) is 4.74. The van der Waals surface area contributed by atoms with Crippen molar-refractivity contribution >= 4 is 28.0 Å². The van der Waals surface area contributed by atoms with Gasteiger partial charge in [0.15, 0.2) is 0 Å². The molecule has 188 valence electrons. The van der Waals surface area contributed by atoms with Crippen molar-refractivity contribution in [2.24, 2.45) is 0 Å². The fraction of sp³-hybridized carbons (Fsp3) is 0.630. The van der Waals surface area contributed by atoms with E-state index in [1.807, 2.05) is 6.20 Å². The van der Waals surface area contributed by atoms with E-state index in [9.17, 15) is 4.79 Å². The van der Waals surface area contributed by atoms with E-state index < -0.39 is 0 Å². The molecule has 2 N–H and O–H groups in total. The molecule has 1 aromatic heterocycles. The molecule has 1 aromatic carbocycles. The van der Waals surface area contributed by atoms with Crippen molar-refractivity contribution in [1.82, 2.24) is 14.9 Å². The maximum absolute atomic E-state index is 11.5. The number of benzene rings is 1. The third-order valence-corrected chi connectivity index (χ3v) is 7.02. The Bertz CT molecular complexity index is 847. The van der Waals surface area contributed by atoms with Gasteiger partial charge in [0.2, 0.25) is 5.95 Å². The zero-order valence-electron chi connectivity index (χ0n) is 20.7. The van der Waals surface area contributed by atoms with Crippen LogP contribution in [0.5, 0.6) is 0 Å². The van der Waals surface area contributed by atoms with Gasteiger partial charge in [-0.2, -0.15) is 0 Å². The molecule has 1 aliphatic carbocycles. The van der Waals surface area contributed by atoms with Crippen LogP contribution >= 0.6 is 15.9 Å². The molecule has 7 heteroatoms. The predicted molar refractivity (Wildman–Crippen MR) is 143 cm³/mol. The van der Waals surface area contributed by atoms with Gasteiger partial charge in [-0.1, -0.05) is 79.9 Å². The molecule has 3 rings (SSSR count).